The predicted molar refractivity (Wildman–Crippen MR) is 111 cm³/mol. The van der Waals surface area contributed by atoms with Crippen molar-refractivity contribution >= 4 is 6.09 Å². The number of hydrogen-bond acceptors (Lipinski definition) is 2. The Hall–Kier alpha value is -1.51. The van der Waals surface area contributed by atoms with Gasteiger partial charge in [-0.2, -0.15) is 0 Å². The number of aryl methyl sites for hydroxylation is 1. The van der Waals surface area contributed by atoms with Gasteiger partial charge in [-0.25, -0.2) is 4.79 Å². The fraction of sp³-hybridized carbons (Fsp3) is 0.708. The van der Waals surface area contributed by atoms with Crippen molar-refractivity contribution < 1.29 is 9.53 Å². The molecule has 0 bridgehead atoms. The maximum atomic E-state index is 12.3. The number of rotatable bonds is 1. The molecule has 0 atom stereocenters. The summed E-state index contributed by atoms with van der Waals surface area (Å²) < 4.78 is 5.54. The maximum absolute atomic E-state index is 12.3. The Morgan fingerprint density at radius 2 is 1.67 bits per heavy atom. The minimum atomic E-state index is -0.413. The molecule has 0 radical (unpaired) electrons. The van der Waals surface area contributed by atoms with Gasteiger partial charge >= 0.3 is 6.09 Å². The van der Waals surface area contributed by atoms with Gasteiger partial charge in [0.15, 0.2) is 0 Å². The number of ether oxygens (including phenoxy) is 1. The van der Waals surface area contributed by atoms with E-state index in [4.69, 9.17) is 4.74 Å². The molecule has 3 nitrogen and oxygen atoms in total. The number of nitrogens with zero attached hydrogens (tertiary/aromatic N) is 1. The quantitative estimate of drug-likeness (QED) is 0.589. The molecule has 1 aliphatic heterocycles. The second-order valence-electron chi connectivity index (χ2n) is 10.9. The largest absolute Gasteiger partial charge is 0.444 e. The summed E-state index contributed by atoms with van der Waals surface area (Å²) in [6, 6.07) is 7.03. The Labute approximate surface area is 165 Å². The summed E-state index contributed by atoms with van der Waals surface area (Å²) >= 11 is 0. The lowest BCUT2D eigenvalue weighted by Gasteiger charge is -2.52. The molecule has 1 aromatic carbocycles. The molecular weight excluding hydrogens is 334 g/mol. The van der Waals surface area contributed by atoms with Crippen LogP contribution < -0.4 is 0 Å². The zero-order valence-corrected chi connectivity index (χ0v) is 18.3. The summed E-state index contributed by atoms with van der Waals surface area (Å²) in [4.78, 5) is 14.2. The van der Waals surface area contributed by atoms with Gasteiger partial charge in [0, 0.05) is 13.1 Å². The van der Waals surface area contributed by atoms with E-state index in [0.29, 0.717) is 11.3 Å². The van der Waals surface area contributed by atoms with E-state index in [1.807, 2.05) is 25.7 Å². The average molecular weight is 372 g/mol. The molecule has 150 valence electrons. The topological polar surface area (TPSA) is 29.5 Å². The van der Waals surface area contributed by atoms with E-state index in [2.05, 4.69) is 45.9 Å². The molecule has 0 unspecified atom stereocenters. The first-order chi connectivity index (χ1) is 12.4. The Morgan fingerprint density at radius 3 is 2.19 bits per heavy atom. The molecule has 2 fully saturated rings. The van der Waals surface area contributed by atoms with E-state index in [1.165, 1.54) is 24.0 Å². The average Bonchev–Trinajstić information content (AvgIpc) is 2.50. The highest BCUT2D eigenvalue weighted by atomic mass is 16.6. The van der Waals surface area contributed by atoms with Crippen molar-refractivity contribution in [3.05, 3.63) is 34.9 Å². The van der Waals surface area contributed by atoms with Crippen molar-refractivity contribution in [2.45, 2.75) is 91.1 Å². The molecule has 1 aromatic rings. The number of likely N-dealkylation sites (tertiary alicyclic amines) is 1. The van der Waals surface area contributed by atoms with Gasteiger partial charge in [-0.05, 0) is 86.8 Å². The molecule has 0 aromatic heterocycles. The fourth-order valence-corrected chi connectivity index (χ4v) is 4.65. The highest BCUT2D eigenvalue weighted by Gasteiger charge is 2.47. The fourth-order valence-electron chi connectivity index (χ4n) is 4.65. The minimum absolute atomic E-state index is 0.151. The first-order valence-corrected chi connectivity index (χ1v) is 10.5. The zero-order valence-electron chi connectivity index (χ0n) is 18.3. The van der Waals surface area contributed by atoms with E-state index in [0.717, 1.165) is 25.9 Å². The number of carbonyl (C=O) groups excluding carboxylic acids is 1. The van der Waals surface area contributed by atoms with Crippen molar-refractivity contribution in [1.82, 2.24) is 4.90 Å². The summed E-state index contributed by atoms with van der Waals surface area (Å²) in [7, 11) is 0. The molecule has 27 heavy (non-hydrogen) atoms. The molecule has 1 aliphatic carbocycles. The molecule has 1 saturated carbocycles. The van der Waals surface area contributed by atoms with Crippen LogP contribution in [0.1, 0.15) is 89.8 Å². The van der Waals surface area contributed by atoms with E-state index >= 15 is 0 Å². The van der Waals surface area contributed by atoms with Crippen LogP contribution in [0.25, 0.3) is 0 Å². The second-order valence-corrected chi connectivity index (χ2v) is 10.9. The van der Waals surface area contributed by atoms with E-state index in [9.17, 15) is 4.79 Å². The van der Waals surface area contributed by atoms with Crippen molar-refractivity contribution in [2.24, 2.45) is 5.41 Å². The van der Waals surface area contributed by atoms with Crippen LogP contribution >= 0.6 is 0 Å². The number of hydrogen-bond donors (Lipinski definition) is 0. The molecule has 1 amide bonds. The number of amides is 1. The van der Waals surface area contributed by atoms with Crippen molar-refractivity contribution in [3.8, 4) is 0 Å². The monoisotopic (exact) mass is 371 g/mol. The van der Waals surface area contributed by atoms with Crippen LogP contribution in [0, 0.1) is 12.3 Å². The Morgan fingerprint density at radius 1 is 1.07 bits per heavy atom. The summed E-state index contributed by atoms with van der Waals surface area (Å²) in [6.07, 6.45) is 4.61. The Bertz CT molecular complexity index is 692. The van der Waals surface area contributed by atoms with E-state index in [1.54, 1.807) is 5.56 Å². The highest BCUT2D eigenvalue weighted by molar-refractivity contribution is 5.68. The van der Waals surface area contributed by atoms with E-state index < -0.39 is 5.60 Å². The third kappa shape index (κ3) is 4.50. The molecule has 1 spiro atoms. The van der Waals surface area contributed by atoms with Crippen molar-refractivity contribution in [1.29, 1.82) is 0 Å². The third-order valence-electron chi connectivity index (χ3n) is 6.42. The van der Waals surface area contributed by atoms with Crippen LogP contribution in [0.4, 0.5) is 4.79 Å². The lowest BCUT2D eigenvalue weighted by molar-refractivity contribution is -0.0122. The summed E-state index contributed by atoms with van der Waals surface area (Å²) in [5.74, 6) is 0.681. The first kappa shape index (κ1) is 20.2. The molecule has 0 N–H and O–H groups in total. The van der Waals surface area contributed by atoms with Crippen LogP contribution in [-0.2, 0) is 10.2 Å². The normalized spacial score (nSPS) is 20.5. The van der Waals surface area contributed by atoms with E-state index in [-0.39, 0.29) is 11.5 Å². The van der Waals surface area contributed by atoms with Gasteiger partial charge in [0.05, 0.1) is 0 Å². The zero-order chi connectivity index (χ0) is 20.0. The van der Waals surface area contributed by atoms with Gasteiger partial charge in [0.25, 0.3) is 0 Å². The summed E-state index contributed by atoms with van der Waals surface area (Å²) in [6.45, 7) is 16.6. The number of benzene rings is 1. The standard InChI is InChI=1S/C24H37NO2/c1-17-8-9-19(22(2,3)4)14-20(17)18-15-24(16-18)10-12-25(13-11-24)21(26)27-23(5,6)7/h8-9,14,18H,10-13,15-16H2,1-7H3. The Kier molecular flexibility index (Phi) is 5.12. The number of piperidine rings is 1. The van der Waals surface area contributed by atoms with Gasteiger partial charge in [0.1, 0.15) is 5.60 Å². The van der Waals surface area contributed by atoms with Crippen LogP contribution in [0.15, 0.2) is 18.2 Å². The highest BCUT2D eigenvalue weighted by Crippen LogP contribution is 2.57. The Balaban J connectivity index is 1.60. The first-order valence-electron chi connectivity index (χ1n) is 10.5. The number of carbonyl (C=O) groups is 1. The van der Waals surface area contributed by atoms with Crippen LogP contribution in [0.3, 0.4) is 0 Å². The summed E-state index contributed by atoms with van der Waals surface area (Å²) in [5, 5.41) is 0. The third-order valence-corrected chi connectivity index (χ3v) is 6.42. The SMILES string of the molecule is Cc1ccc(C(C)(C)C)cc1C1CC2(CCN(C(=O)OC(C)(C)C)CC2)C1. The lowest BCUT2D eigenvalue weighted by atomic mass is 9.55. The molecule has 1 heterocycles. The van der Waals surface area contributed by atoms with Gasteiger partial charge in [-0.1, -0.05) is 39.0 Å². The van der Waals surface area contributed by atoms with Gasteiger partial charge in [0.2, 0.25) is 0 Å². The van der Waals surface area contributed by atoms with Gasteiger partial charge < -0.3 is 9.64 Å². The molecular formula is C24H37NO2. The molecule has 3 rings (SSSR count). The maximum Gasteiger partial charge on any atom is 0.410 e. The lowest BCUT2D eigenvalue weighted by Crippen LogP contribution is -2.49. The molecule has 3 heteroatoms. The van der Waals surface area contributed by atoms with Gasteiger partial charge in [-0.3, -0.25) is 0 Å². The van der Waals surface area contributed by atoms with Crippen LogP contribution in [0.5, 0.6) is 0 Å². The second kappa shape index (κ2) is 6.83. The van der Waals surface area contributed by atoms with Crippen molar-refractivity contribution in [2.75, 3.05) is 13.1 Å². The van der Waals surface area contributed by atoms with Crippen LogP contribution in [0.2, 0.25) is 0 Å². The molecule has 1 saturated heterocycles. The minimum Gasteiger partial charge on any atom is -0.444 e. The van der Waals surface area contributed by atoms with Crippen LogP contribution in [-0.4, -0.2) is 29.7 Å². The van der Waals surface area contributed by atoms with Gasteiger partial charge in [-0.15, -0.1) is 0 Å². The van der Waals surface area contributed by atoms with Crippen molar-refractivity contribution in [3.63, 3.8) is 0 Å². The predicted octanol–water partition coefficient (Wildman–Crippen LogP) is 6.19. The summed E-state index contributed by atoms with van der Waals surface area (Å²) in [5.41, 5.74) is 4.62. The molecule has 2 aliphatic rings. The smallest absolute Gasteiger partial charge is 0.410 e.